The molecule has 3 atom stereocenters. The van der Waals surface area contributed by atoms with Crippen LogP contribution in [0.25, 0.3) is 11.4 Å². The Morgan fingerprint density at radius 3 is 2.96 bits per heavy atom. The minimum atomic E-state index is 0.135. The summed E-state index contributed by atoms with van der Waals surface area (Å²) in [4.78, 5) is 7.04. The zero-order chi connectivity index (χ0) is 16.7. The highest BCUT2D eigenvalue weighted by Gasteiger charge is 2.37. The monoisotopic (exact) mass is 329 g/mol. The van der Waals surface area contributed by atoms with Crippen LogP contribution in [0.1, 0.15) is 19.4 Å². The third-order valence-electron chi connectivity index (χ3n) is 5.07. The highest BCUT2D eigenvalue weighted by Crippen LogP contribution is 2.35. The largest absolute Gasteiger partial charge is 0.504 e. The maximum Gasteiger partial charge on any atom is 0.160 e. The molecule has 0 spiro atoms. The molecule has 24 heavy (non-hydrogen) atoms. The third kappa shape index (κ3) is 2.65. The summed E-state index contributed by atoms with van der Waals surface area (Å²) in [7, 11) is 1.55. The minimum Gasteiger partial charge on any atom is -0.504 e. The van der Waals surface area contributed by atoms with Crippen molar-refractivity contribution in [1.82, 2.24) is 14.5 Å². The van der Waals surface area contributed by atoms with Crippen LogP contribution >= 0.6 is 0 Å². The van der Waals surface area contributed by atoms with Crippen LogP contribution in [0, 0.1) is 0 Å². The van der Waals surface area contributed by atoms with E-state index in [0.717, 1.165) is 37.5 Å². The van der Waals surface area contributed by atoms with Gasteiger partial charge in [-0.1, -0.05) is 0 Å². The van der Waals surface area contributed by atoms with Crippen molar-refractivity contribution >= 4 is 0 Å². The summed E-state index contributed by atoms with van der Waals surface area (Å²) >= 11 is 0. The lowest BCUT2D eigenvalue weighted by Crippen LogP contribution is -2.44. The molecule has 6 nitrogen and oxygen atoms in total. The zero-order valence-corrected chi connectivity index (χ0v) is 14.1. The Morgan fingerprint density at radius 2 is 2.17 bits per heavy atom. The van der Waals surface area contributed by atoms with Crippen molar-refractivity contribution in [3.05, 3.63) is 30.6 Å². The van der Waals surface area contributed by atoms with Crippen LogP contribution < -0.4 is 4.74 Å². The van der Waals surface area contributed by atoms with E-state index >= 15 is 0 Å². The zero-order valence-electron chi connectivity index (χ0n) is 14.1. The first kappa shape index (κ1) is 15.5. The van der Waals surface area contributed by atoms with Crippen molar-refractivity contribution in [3.63, 3.8) is 0 Å². The van der Waals surface area contributed by atoms with E-state index in [1.54, 1.807) is 19.2 Å². The molecule has 2 aliphatic rings. The second-order valence-electron chi connectivity index (χ2n) is 6.69. The van der Waals surface area contributed by atoms with Gasteiger partial charge >= 0.3 is 0 Å². The van der Waals surface area contributed by atoms with Crippen molar-refractivity contribution in [2.75, 3.05) is 26.8 Å². The smallest absolute Gasteiger partial charge is 0.160 e. The lowest BCUT2D eigenvalue weighted by molar-refractivity contribution is -0.0390. The molecule has 2 aliphatic heterocycles. The number of aromatic nitrogens is 2. The number of rotatable bonds is 3. The van der Waals surface area contributed by atoms with Gasteiger partial charge < -0.3 is 19.1 Å². The van der Waals surface area contributed by atoms with Gasteiger partial charge in [0.1, 0.15) is 5.82 Å². The molecule has 3 heterocycles. The van der Waals surface area contributed by atoms with Gasteiger partial charge in [0, 0.05) is 43.1 Å². The molecule has 128 valence electrons. The van der Waals surface area contributed by atoms with E-state index in [4.69, 9.17) is 9.47 Å². The number of methoxy groups -OCH3 is 1. The number of aromatic hydroxyl groups is 1. The predicted molar refractivity (Wildman–Crippen MR) is 90.3 cm³/mol. The molecule has 0 aliphatic carbocycles. The summed E-state index contributed by atoms with van der Waals surface area (Å²) < 4.78 is 13.2. The predicted octanol–water partition coefficient (Wildman–Crippen LogP) is 2.30. The molecule has 0 radical (unpaired) electrons. The van der Waals surface area contributed by atoms with Crippen molar-refractivity contribution in [2.45, 2.75) is 31.5 Å². The average molecular weight is 329 g/mol. The van der Waals surface area contributed by atoms with Gasteiger partial charge in [-0.3, -0.25) is 4.90 Å². The van der Waals surface area contributed by atoms with E-state index in [1.807, 2.05) is 18.5 Å². The van der Waals surface area contributed by atoms with Crippen molar-refractivity contribution in [1.29, 1.82) is 0 Å². The van der Waals surface area contributed by atoms with E-state index in [0.29, 0.717) is 23.9 Å². The number of ether oxygens (including phenoxy) is 2. The van der Waals surface area contributed by atoms with E-state index in [1.165, 1.54) is 0 Å². The lowest BCUT2D eigenvalue weighted by atomic mass is 10.1. The fourth-order valence-electron chi connectivity index (χ4n) is 3.87. The summed E-state index contributed by atoms with van der Waals surface area (Å²) in [6.45, 7) is 4.95. The van der Waals surface area contributed by atoms with Crippen molar-refractivity contribution in [2.24, 2.45) is 0 Å². The molecule has 1 aromatic heterocycles. The summed E-state index contributed by atoms with van der Waals surface area (Å²) in [5.41, 5.74) is 0.896. The third-order valence-corrected chi connectivity index (χ3v) is 5.07. The molecule has 2 saturated heterocycles. The van der Waals surface area contributed by atoms with Gasteiger partial charge in [-0.2, -0.15) is 0 Å². The van der Waals surface area contributed by atoms with E-state index < -0.39 is 0 Å². The highest BCUT2D eigenvalue weighted by molar-refractivity contribution is 5.61. The van der Waals surface area contributed by atoms with Crippen LogP contribution in [0.15, 0.2) is 30.6 Å². The maximum absolute atomic E-state index is 10.1. The first-order valence-electron chi connectivity index (χ1n) is 8.41. The van der Waals surface area contributed by atoms with Gasteiger partial charge in [0.15, 0.2) is 11.5 Å². The normalized spacial score (nSPS) is 27.2. The van der Waals surface area contributed by atoms with Crippen LogP contribution in [0.3, 0.4) is 0 Å². The first-order chi connectivity index (χ1) is 11.7. The molecule has 0 unspecified atom stereocenters. The molecule has 4 rings (SSSR count). The first-order valence-corrected chi connectivity index (χ1v) is 8.41. The number of hydrogen-bond donors (Lipinski definition) is 1. The molecule has 0 bridgehead atoms. The van der Waals surface area contributed by atoms with Gasteiger partial charge in [-0.15, -0.1) is 0 Å². The van der Waals surface area contributed by atoms with E-state index in [2.05, 4.69) is 21.4 Å². The number of fused-ring (bicyclic) bond motifs is 1. The number of benzene rings is 1. The number of imidazole rings is 1. The fourth-order valence-corrected chi connectivity index (χ4v) is 3.87. The quantitative estimate of drug-likeness (QED) is 0.936. The number of phenols is 1. The highest BCUT2D eigenvalue weighted by atomic mass is 16.5. The Balaban J connectivity index is 1.60. The van der Waals surface area contributed by atoms with Crippen molar-refractivity contribution in [3.8, 4) is 22.9 Å². The van der Waals surface area contributed by atoms with Crippen LogP contribution in [0.2, 0.25) is 0 Å². The molecule has 1 aromatic carbocycles. The Hall–Kier alpha value is -2.05. The number of nitrogens with zero attached hydrogens (tertiary/aromatic N) is 3. The summed E-state index contributed by atoms with van der Waals surface area (Å²) in [6, 6.07) is 6.30. The topological polar surface area (TPSA) is 59.8 Å². The second kappa shape index (κ2) is 6.11. The summed E-state index contributed by atoms with van der Waals surface area (Å²) in [5, 5.41) is 10.1. The van der Waals surface area contributed by atoms with Gasteiger partial charge in [0.25, 0.3) is 0 Å². The SMILES string of the molecule is COc1ccc(-c2nccn2[C@H]2C[C@H]3CO[C@H](C)CN3C2)cc1O. The Bertz CT molecular complexity index is 730. The van der Waals surface area contributed by atoms with Crippen LogP contribution in [0.4, 0.5) is 0 Å². The molecule has 1 N–H and O–H groups in total. The molecule has 6 heteroatoms. The Kier molecular flexibility index (Phi) is 3.94. The second-order valence-corrected chi connectivity index (χ2v) is 6.69. The number of phenolic OH excluding ortho intramolecular Hbond substituents is 1. The molecular weight excluding hydrogens is 306 g/mol. The molecular formula is C18H23N3O3. The van der Waals surface area contributed by atoms with Gasteiger partial charge in [-0.25, -0.2) is 4.98 Å². The lowest BCUT2D eigenvalue weighted by Gasteiger charge is -2.33. The summed E-state index contributed by atoms with van der Waals surface area (Å²) in [6.07, 6.45) is 5.23. The van der Waals surface area contributed by atoms with Crippen LogP contribution in [0.5, 0.6) is 11.5 Å². The molecule has 0 amide bonds. The maximum atomic E-state index is 10.1. The molecule has 2 aromatic rings. The van der Waals surface area contributed by atoms with E-state index in [-0.39, 0.29) is 5.75 Å². The standard InChI is InChI=1S/C18H23N3O3/c1-12-9-20-10-14(8-15(20)11-24-12)21-6-5-19-18(21)13-3-4-17(23-2)16(22)7-13/h3-7,12,14-15,22H,8-11H2,1-2H3/t12-,14+,15+/m1/s1. The fraction of sp³-hybridized carbons (Fsp3) is 0.500. The average Bonchev–Trinajstić information content (AvgIpc) is 3.20. The number of hydrogen-bond acceptors (Lipinski definition) is 5. The van der Waals surface area contributed by atoms with Crippen LogP contribution in [-0.2, 0) is 4.74 Å². The minimum absolute atomic E-state index is 0.135. The van der Waals surface area contributed by atoms with Gasteiger partial charge in [-0.05, 0) is 31.5 Å². The number of morpholine rings is 1. The van der Waals surface area contributed by atoms with Gasteiger partial charge in [0.2, 0.25) is 0 Å². The van der Waals surface area contributed by atoms with Gasteiger partial charge in [0.05, 0.1) is 19.8 Å². The van der Waals surface area contributed by atoms with Crippen LogP contribution in [-0.4, -0.2) is 58.5 Å². The Labute approximate surface area is 141 Å². The van der Waals surface area contributed by atoms with Crippen molar-refractivity contribution < 1.29 is 14.6 Å². The Morgan fingerprint density at radius 1 is 1.29 bits per heavy atom. The molecule has 0 saturated carbocycles. The summed E-state index contributed by atoms with van der Waals surface area (Å²) in [5.74, 6) is 1.49. The molecule has 2 fully saturated rings. The van der Waals surface area contributed by atoms with E-state index in [9.17, 15) is 5.11 Å².